The van der Waals surface area contributed by atoms with Crippen LogP contribution in [0, 0.1) is 0 Å². The normalized spacial score (nSPS) is 18.5. The largest absolute Gasteiger partial charge is 0.339 e. The van der Waals surface area contributed by atoms with Crippen molar-refractivity contribution >= 4 is 0 Å². The predicted octanol–water partition coefficient (Wildman–Crippen LogP) is 3.02. The lowest BCUT2D eigenvalue weighted by Gasteiger charge is -2.29. The Morgan fingerprint density at radius 3 is 2.92 bits per heavy atom. The first-order chi connectivity index (χ1) is 12.7. The molecular formula is C18H22N6O2. The number of piperidine rings is 1. The van der Waals surface area contributed by atoms with Gasteiger partial charge in [-0.3, -0.25) is 9.88 Å². The summed E-state index contributed by atoms with van der Waals surface area (Å²) in [6.07, 6.45) is 5.59. The van der Waals surface area contributed by atoms with E-state index in [1.54, 1.807) is 12.4 Å². The Morgan fingerprint density at radius 1 is 1.23 bits per heavy atom. The molecule has 0 aliphatic carbocycles. The molecule has 1 aliphatic rings. The third-order valence-corrected chi connectivity index (χ3v) is 4.58. The van der Waals surface area contributed by atoms with Gasteiger partial charge in [-0.05, 0) is 31.5 Å². The molecule has 0 amide bonds. The molecule has 0 bridgehead atoms. The Hall–Kier alpha value is -2.61. The first kappa shape index (κ1) is 16.8. The topological polar surface area (TPSA) is 94.0 Å². The molecule has 1 atom stereocenters. The second kappa shape index (κ2) is 7.33. The van der Waals surface area contributed by atoms with Gasteiger partial charge in [0.2, 0.25) is 17.6 Å². The van der Waals surface area contributed by atoms with Crippen LogP contribution in [0.4, 0.5) is 0 Å². The van der Waals surface area contributed by atoms with Crippen LogP contribution >= 0.6 is 0 Å². The van der Waals surface area contributed by atoms with Crippen molar-refractivity contribution in [1.82, 2.24) is 30.2 Å². The highest BCUT2D eigenvalue weighted by Gasteiger charge is 2.27. The van der Waals surface area contributed by atoms with Gasteiger partial charge in [0.15, 0.2) is 5.82 Å². The van der Waals surface area contributed by atoms with Gasteiger partial charge < -0.3 is 9.05 Å². The van der Waals surface area contributed by atoms with Gasteiger partial charge >= 0.3 is 0 Å². The molecule has 1 aliphatic heterocycles. The zero-order valence-electron chi connectivity index (χ0n) is 15.0. The van der Waals surface area contributed by atoms with E-state index in [9.17, 15) is 0 Å². The summed E-state index contributed by atoms with van der Waals surface area (Å²) in [6, 6.07) is 3.77. The maximum atomic E-state index is 5.48. The maximum Gasteiger partial charge on any atom is 0.241 e. The van der Waals surface area contributed by atoms with Gasteiger partial charge in [0.1, 0.15) is 0 Å². The van der Waals surface area contributed by atoms with Gasteiger partial charge in [-0.1, -0.05) is 24.2 Å². The summed E-state index contributed by atoms with van der Waals surface area (Å²) in [6.45, 7) is 6.60. The Bertz CT molecular complexity index is 844. The Labute approximate surface area is 151 Å². The first-order valence-corrected chi connectivity index (χ1v) is 8.98. The van der Waals surface area contributed by atoms with E-state index in [0.29, 0.717) is 18.3 Å². The number of pyridine rings is 1. The molecule has 8 heteroatoms. The molecule has 0 spiro atoms. The average Bonchev–Trinajstić information content (AvgIpc) is 3.33. The zero-order valence-corrected chi connectivity index (χ0v) is 15.0. The van der Waals surface area contributed by atoms with Gasteiger partial charge in [0, 0.05) is 30.4 Å². The molecule has 3 aromatic heterocycles. The van der Waals surface area contributed by atoms with Crippen LogP contribution in [0.5, 0.6) is 0 Å². The lowest BCUT2D eigenvalue weighted by molar-refractivity contribution is 0.162. The predicted molar refractivity (Wildman–Crippen MR) is 93.2 cm³/mol. The third-order valence-electron chi connectivity index (χ3n) is 4.58. The molecule has 0 aromatic carbocycles. The molecule has 0 N–H and O–H groups in total. The van der Waals surface area contributed by atoms with Crippen molar-refractivity contribution in [2.75, 3.05) is 13.1 Å². The van der Waals surface area contributed by atoms with E-state index >= 15 is 0 Å². The van der Waals surface area contributed by atoms with E-state index in [2.05, 4.69) is 44.0 Å². The number of hydrogen-bond donors (Lipinski definition) is 0. The molecule has 1 fully saturated rings. The summed E-state index contributed by atoms with van der Waals surface area (Å²) in [5, 5.41) is 8.14. The minimum Gasteiger partial charge on any atom is -0.339 e. The molecule has 4 heterocycles. The molecule has 1 saturated heterocycles. The summed E-state index contributed by atoms with van der Waals surface area (Å²) in [5.41, 5.74) is 0.853. The molecule has 8 nitrogen and oxygen atoms in total. The van der Waals surface area contributed by atoms with Gasteiger partial charge in [0.25, 0.3) is 0 Å². The van der Waals surface area contributed by atoms with Gasteiger partial charge in [-0.2, -0.15) is 9.97 Å². The van der Waals surface area contributed by atoms with E-state index in [0.717, 1.165) is 43.2 Å². The Morgan fingerprint density at radius 2 is 2.15 bits per heavy atom. The molecule has 3 aromatic rings. The summed E-state index contributed by atoms with van der Waals surface area (Å²) in [5.74, 6) is 3.22. The van der Waals surface area contributed by atoms with Gasteiger partial charge in [-0.15, -0.1) is 0 Å². The quantitative estimate of drug-likeness (QED) is 0.690. The average molecular weight is 354 g/mol. The standard InChI is InChI=1S/C18H22N6O2/c1-12(2)16-21-18(26-22-16)14-6-4-8-24(10-14)11-15-20-17(23-25-15)13-5-3-7-19-9-13/h3,5,7,9,12,14H,4,6,8,10-11H2,1-2H3. The van der Waals surface area contributed by atoms with E-state index in [1.807, 2.05) is 12.1 Å². The molecule has 1 unspecified atom stereocenters. The Kier molecular flexibility index (Phi) is 4.75. The highest BCUT2D eigenvalue weighted by atomic mass is 16.5. The van der Waals surface area contributed by atoms with E-state index in [1.165, 1.54) is 0 Å². The fourth-order valence-corrected chi connectivity index (χ4v) is 3.17. The Balaban J connectivity index is 1.41. The number of rotatable bonds is 5. The minimum absolute atomic E-state index is 0.254. The van der Waals surface area contributed by atoms with Crippen LogP contribution in [-0.4, -0.2) is 43.3 Å². The van der Waals surface area contributed by atoms with Crippen molar-refractivity contribution in [3.63, 3.8) is 0 Å². The lowest BCUT2D eigenvalue weighted by Crippen LogP contribution is -2.34. The van der Waals surface area contributed by atoms with Crippen LogP contribution in [0.3, 0.4) is 0 Å². The van der Waals surface area contributed by atoms with Crippen LogP contribution in [0.15, 0.2) is 33.6 Å². The van der Waals surface area contributed by atoms with Crippen LogP contribution in [0.1, 0.15) is 56.1 Å². The van der Waals surface area contributed by atoms with Gasteiger partial charge in [-0.25, -0.2) is 0 Å². The van der Waals surface area contributed by atoms with E-state index < -0.39 is 0 Å². The second-order valence-corrected chi connectivity index (χ2v) is 6.97. The zero-order chi connectivity index (χ0) is 17.9. The maximum absolute atomic E-state index is 5.48. The SMILES string of the molecule is CC(C)c1noc(C2CCCN(Cc3nc(-c4cccnc4)no3)C2)n1. The van der Waals surface area contributed by atoms with Crippen LogP contribution in [0.25, 0.3) is 11.4 Å². The van der Waals surface area contributed by atoms with Crippen LogP contribution in [-0.2, 0) is 6.54 Å². The highest BCUT2D eigenvalue weighted by molar-refractivity contribution is 5.51. The van der Waals surface area contributed by atoms with Crippen molar-refractivity contribution in [1.29, 1.82) is 0 Å². The van der Waals surface area contributed by atoms with Crippen molar-refractivity contribution in [2.45, 2.75) is 45.1 Å². The summed E-state index contributed by atoms with van der Waals surface area (Å²) >= 11 is 0. The monoisotopic (exact) mass is 354 g/mol. The van der Waals surface area contributed by atoms with Crippen molar-refractivity contribution in [2.24, 2.45) is 0 Å². The number of nitrogens with zero attached hydrogens (tertiary/aromatic N) is 6. The molecule has 136 valence electrons. The smallest absolute Gasteiger partial charge is 0.241 e. The van der Waals surface area contributed by atoms with Gasteiger partial charge in [0.05, 0.1) is 12.5 Å². The molecule has 0 radical (unpaired) electrons. The molecule has 4 rings (SSSR count). The lowest BCUT2D eigenvalue weighted by atomic mass is 9.98. The minimum atomic E-state index is 0.254. The summed E-state index contributed by atoms with van der Waals surface area (Å²) in [7, 11) is 0. The van der Waals surface area contributed by atoms with E-state index in [-0.39, 0.29) is 11.8 Å². The van der Waals surface area contributed by atoms with Crippen LogP contribution < -0.4 is 0 Å². The summed E-state index contributed by atoms with van der Waals surface area (Å²) in [4.78, 5) is 15.4. The number of likely N-dealkylation sites (tertiary alicyclic amines) is 1. The molecular weight excluding hydrogens is 332 g/mol. The van der Waals surface area contributed by atoms with Crippen molar-refractivity contribution < 1.29 is 9.05 Å². The second-order valence-electron chi connectivity index (χ2n) is 6.97. The molecule has 26 heavy (non-hydrogen) atoms. The number of aromatic nitrogens is 5. The van der Waals surface area contributed by atoms with E-state index in [4.69, 9.17) is 9.05 Å². The third kappa shape index (κ3) is 3.65. The summed E-state index contributed by atoms with van der Waals surface area (Å²) < 4.78 is 10.9. The fourth-order valence-electron chi connectivity index (χ4n) is 3.17. The highest BCUT2D eigenvalue weighted by Crippen LogP contribution is 2.27. The first-order valence-electron chi connectivity index (χ1n) is 8.98. The van der Waals surface area contributed by atoms with Crippen molar-refractivity contribution in [3.05, 3.63) is 42.1 Å². The van der Waals surface area contributed by atoms with Crippen molar-refractivity contribution in [3.8, 4) is 11.4 Å². The van der Waals surface area contributed by atoms with Crippen LogP contribution in [0.2, 0.25) is 0 Å². The fraction of sp³-hybridized carbons (Fsp3) is 0.500. The molecule has 0 saturated carbocycles. The number of hydrogen-bond acceptors (Lipinski definition) is 8.